The average molecular weight is 250 g/mol. The monoisotopic (exact) mass is 250 g/mol. The molecule has 2 atom stereocenters. The molecule has 0 amide bonds. The first kappa shape index (κ1) is 11.0. The van der Waals surface area contributed by atoms with E-state index < -0.39 is 12.2 Å². The molecule has 0 bridgehead atoms. The maximum absolute atomic E-state index is 10.3. The third kappa shape index (κ3) is 1.28. The fourth-order valence-corrected chi connectivity index (χ4v) is 3.31. The van der Waals surface area contributed by atoms with Gasteiger partial charge in [0.25, 0.3) is 0 Å². The van der Waals surface area contributed by atoms with E-state index in [4.69, 9.17) is 0 Å². The van der Waals surface area contributed by atoms with Crippen LogP contribution in [0.15, 0.2) is 42.5 Å². The second-order valence-corrected chi connectivity index (χ2v) is 5.28. The van der Waals surface area contributed by atoms with Crippen LogP contribution >= 0.6 is 0 Å². The van der Waals surface area contributed by atoms with Crippen molar-refractivity contribution in [2.45, 2.75) is 19.1 Å². The van der Waals surface area contributed by atoms with Crippen molar-refractivity contribution in [2.24, 2.45) is 0 Å². The number of aliphatic hydroxyl groups excluding tert-OH is 2. The molecule has 0 aliphatic heterocycles. The highest BCUT2D eigenvalue weighted by atomic mass is 16.3. The van der Waals surface area contributed by atoms with Crippen molar-refractivity contribution in [1.82, 2.24) is 0 Å². The van der Waals surface area contributed by atoms with Crippen LogP contribution in [0, 0.1) is 6.92 Å². The van der Waals surface area contributed by atoms with E-state index in [0.717, 1.165) is 33.4 Å². The number of hydrogen-bond donors (Lipinski definition) is 2. The molecule has 0 aromatic heterocycles. The minimum atomic E-state index is -0.831. The molecule has 0 heterocycles. The van der Waals surface area contributed by atoms with E-state index in [0.29, 0.717) is 0 Å². The topological polar surface area (TPSA) is 40.5 Å². The molecule has 0 saturated carbocycles. The Labute approximate surface area is 111 Å². The fourth-order valence-electron chi connectivity index (χ4n) is 3.31. The summed E-state index contributed by atoms with van der Waals surface area (Å²) in [5.41, 5.74) is 7.55. The van der Waals surface area contributed by atoms with Gasteiger partial charge in [-0.3, -0.25) is 0 Å². The van der Waals surface area contributed by atoms with Crippen molar-refractivity contribution in [3.8, 4) is 11.1 Å². The van der Waals surface area contributed by atoms with Crippen LogP contribution in [0.25, 0.3) is 16.7 Å². The summed E-state index contributed by atoms with van der Waals surface area (Å²) in [6, 6.07) is 12.3. The Morgan fingerprint density at radius 3 is 2.42 bits per heavy atom. The predicted octanol–water partition coefficient (Wildman–Crippen LogP) is 2.82. The van der Waals surface area contributed by atoms with Crippen molar-refractivity contribution in [3.05, 3.63) is 64.7 Å². The molecule has 2 aliphatic rings. The SMILES string of the molecule is Cc1ccc2c3c1[C@@H](O)[C@H](O)C=C3c1ccccc1-2. The molecule has 2 aromatic carbocycles. The van der Waals surface area contributed by atoms with Crippen molar-refractivity contribution < 1.29 is 10.2 Å². The van der Waals surface area contributed by atoms with Gasteiger partial charge in [0.05, 0.1) is 0 Å². The summed E-state index contributed by atoms with van der Waals surface area (Å²) in [4.78, 5) is 0. The molecule has 0 fully saturated rings. The van der Waals surface area contributed by atoms with Crippen molar-refractivity contribution in [3.63, 3.8) is 0 Å². The molecule has 94 valence electrons. The molecule has 19 heavy (non-hydrogen) atoms. The second kappa shape index (κ2) is 3.56. The van der Waals surface area contributed by atoms with Gasteiger partial charge in [-0.15, -0.1) is 0 Å². The minimum absolute atomic E-state index is 0.826. The number of fused-ring (bicyclic) bond motifs is 3. The van der Waals surface area contributed by atoms with Crippen LogP contribution in [-0.2, 0) is 0 Å². The lowest BCUT2D eigenvalue weighted by molar-refractivity contribution is 0.0463. The second-order valence-electron chi connectivity index (χ2n) is 5.28. The third-order valence-corrected chi connectivity index (χ3v) is 4.20. The molecule has 0 saturated heterocycles. The Balaban J connectivity index is 2.16. The average Bonchev–Trinajstić information content (AvgIpc) is 2.72. The lowest BCUT2D eigenvalue weighted by Crippen LogP contribution is -2.22. The Kier molecular flexibility index (Phi) is 2.06. The van der Waals surface area contributed by atoms with Crippen LogP contribution < -0.4 is 0 Å². The number of benzene rings is 2. The minimum Gasteiger partial charge on any atom is -0.386 e. The van der Waals surface area contributed by atoms with Gasteiger partial charge >= 0.3 is 0 Å². The maximum Gasteiger partial charge on any atom is 0.109 e. The summed E-state index contributed by atoms with van der Waals surface area (Å²) < 4.78 is 0. The Bertz CT molecular complexity index is 728. The largest absolute Gasteiger partial charge is 0.386 e. The molecule has 2 N–H and O–H groups in total. The van der Waals surface area contributed by atoms with E-state index in [1.807, 2.05) is 25.1 Å². The van der Waals surface area contributed by atoms with E-state index in [1.54, 1.807) is 6.08 Å². The molecule has 0 unspecified atom stereocenters. The van der Waals surface area contributed by atoms with E-state index in [9.17, 15) is 10.2 Å². The highest BCUT2D eigenvalue weighted by Crippen LogP contribution is 2.50. The Morgan fingerprint density at radius 2 is 1.63 bits per heavy atom. The fraction of sp³-hybridized carbons (Fsp3) is 0.176. The number of aryl methyl sites for hydroxylation is 1. The maximum atomic E-state index is 10.3. The Morgan fingerprint density at radius 1 is 0.895 bits per heavy atom. The van der Waals surface area contributed by atoms with Gasteiger partial charge in [-0.1, -0.05) is 36.4 Å². The number of aliphatic hydroxyl groups is 2. The predicted molar refractivity (Wildman–Crippen MR) is 74.7 cm³/mol. The first-order valence-corrected chi connectivity index (χ1v) is 6.50. The van der Waals surface area contributed by atoms with Gasteiger partial charge in [-0.05, 0) is 52.0 Å². The summed E-state index contributed by atoms with van der Waals surface area (Å²) in [6.07, 6.45) is 0.123. The molecular formula is C17H14O2. The summed E-state index contributed by atoms with van der Waals surface area (Å²) in [6.45, 7) is 1.98. The van der Waals surface area contributed by atoms with Crippen LogP contribution in [-0.4, -0.2) is 16.3 Å². The molecule has 0 spiro atoms. The first-order valence-electron chi connectivity index (χ1n) is 6.50. The quantitative estimate of drug-likeness (QED) is 0.644. The van der Waals surface area contributed by atoms with Gasteiger partial charge in [0, 0.05) is 0 Å². The molecular weight excluding hydrogens is 236 g/mol. The van der Waals surface area contributed by atoms with Crippen LogP contribution in [0.1, 0.15) is 28.4 Å². The zero-order chi connectivity index (χ0) is 13.1. The van der Waals surface area contributed by atoms with Crippen LogP contribution in [0.3, 0.4) is 0 Å². The Hall–Kier alpha value is -1.90. The van der Waals surface area contributed by atoms with Gasteiger partial charge in [-0.25, -0.2) is 0 Å². The highest BCUT2D eigenvalue weighted by Gasteiger charge is 2.35. The van der Waals surface area contributed by atoms with Crippen molar-refractivity contribution in [1.29, 1.82) is 0 Å². The lowest BCUT2D eigenvalue weighted by Gasteiger charge is -2.26. The molecule has 2 nitrogen and oxygen atoms in total. The van der Waals surface area contributed by atoms with Gasteiger partial charge in [-0.2, -0.15) is 0 Å². The van der Waals surface area contributed by atoms with E-state index in [2.05, 4.69) is 18.2 Å². The number of rotatable bonds is 0. The van der Waals surface area contributed by atoms with Crippen LogP contribution in [0.5, 0.6) is 0 Å². The molecule has 0 radical (unpaired) electrons. The van der Waals surface area contributed by atoms with E-state index in [1.165, 1.54) is 5.56 Å². The molecule has 2 aromatic rings. The summed E-state index contributed by atoms with van der Waals surface area (Å²) >= 11 is 0. The van der Waals surface area contributed by atoms with Gasteiger partial charge in [0.1, 0.15) is 12.2 Å². The zero-order valence-electron chi connectivity index (χ0n) is 10.6. The highest BCUT2D eigenvalue weighted by molar-refractivity contribution is 6.03. The number of hydrogen-bond acceptors (Lipinski definition) is 2. The third-order valence-electron chi connectivity index (χ3n) is 4.20. The van der Waals surface area contributed by atoms with Crippen LogP contribution in [0.2, 0.25) is 0 Å². The summed E-state index contributed by atoms with van der Waals surface area (Å²) in [7, 11) is 0. The first-order chi connectivity index (χ1) is 9.18. The van der Waals surface area contributed by atoms with E-state index in [-0.39, 0.29) is 0 Å². The standard InChI is InChI=1S/C17H14O2/c1-9-6-7-12-10-4-2-3-5-11(10)13-8-14(18)17(19)15(9)16(12)13/h2-8,14,17-19H,1H3/t14-,17+/m1/s1. The van der Waals surface area contributed by atoms with Crippen molar-refractivity contribution >= 4 is 5.57 Å². The van der Waals surface area contributed by atoms with Gasteiger partial charge in [0.2, 0.25) is 0 Å². The summed E-state index contributed by atoms with van der Waals surface area (Å²) in [5, 5.41) is 20.3. The van der Waals surface area contributed by atoms with Gasteiger partial charge in [0.15, 0.2) is 0 Å². The molecule has 2 aliphatic carbocycles. The van der Waals surface area contributed by atoms with Gasteiger partial charge < -0.3 is 10.2 Å². The van der Waals surface area contributed by atoms with Crippen molar-refractivity contribution in [2.75, 3.05) is 0 Å². The van der Waals surface area contributed by atoms with Crippen LogP contribution in [0.4, 0.5) is 0 Å². The normalized spacial score (nSPS) is 22.8. The summed E-state index contributed by atoms with van der Waals surface area (Å²) in [5.74, 6) is 0. The van der Waals surface area contributed by atoms with E-state index >= 15 is 0 Å². The molecule has 2 heteroatoms. The zero-order valence-corrected chi connectivity index (χ0v) is 10.6. The smallest absolute Gasteiger partial charge is 0.109 e. The molecule has 4 rings (SSSR count). The lowest BCUT2D eigenvalue weighted by atomic mass is 9.84.